The zero-order valence-corrected chi connectivity index (χ0v) is 25.6. The van der Waals surface area contributed by atoms with E-state index in [-0.39, 0.29) is 29.6 Å². The quantitative estimate of drug-likeness (QED) is 0.101. The highest BCUT2D eigenvalue weighted by molar-refractivity contribution is 5.99. The molecule has 0 amide bonds. The molecule has 0 radical (unpaired) electrons. The lowest BCUT2D eigenvalue weighted by Crippen LogP contribution is -2.35. The third-order valence-corrected chi connectivity index (χ3v) is 7.08. The summed E-state index contributed by atoms with van der Waals surface area (Å²) in [5.74, 6) is 2.07. The van der Waals surface area contributed by atoms with Crippen molar-refractivity contribution >= 4 is 33.5 Å². The van der Waals surface area contributed by atoms with Gasteiger partial charge in [-0.15, -0.1) is 0 Å². The number of ketones is 2. The molecule has 0 spiro atoms. The molecule has 0 fully saturated rings. The Labute approximate surface area is 248 Å². The maximum Gasteiger partial charge on any atom is 0.200 e. The number of carbonyl (C=O) groups is 2. The van der Waals surface area contributed by atoms with Gasteiger partial charge in [0.1, 0.15) is 35.4 Å². The Morgan fingerprint density at radius 3 is 2.14 bits per heavy atom. The molecule has 2 N–H and O–H groups in total. The molecule has 2 aromatic carbocycles. The number of ether oxygens (including phenoxy) is 2. The number of rotatable bonds is 17. The standard InChI is InChI=1S/C34H44N2O6/c1-21(2)34(38)33-17-26-11-13-28(19-31(26)42-33)40-24(6)20-36-23(5)8-7-9-29(37)32-16-25-10-12-27(18-30(25)41-32)39-15-14-35-22(3)4/h10-13,16-19,21-24,35-36H,7-9,14-15,20H2,1-6H3/t23?,24-/m1/s1. The molecule has 0 saturated carbocycles. The first-order chi connectivity index (χ1) is 20.1. The summed E-state index contributed by atoms with van der Waals surface area (Å²) in [7, 11) is 0. The minimum atomic E-state index is -0.117. The number of nitrogens with one attached hydrogen (secondary N) is 2. The van der Waals surface area contributed by atoms with Crippen LogP contribution in [0.3, 0.4) is 0 Å². The fraction of sp³-hybridized carbons (Fsp3) is 0.471. The number of hydrogen-bond donors (Lipinski definition) is 2. The van der Waals surface area contributed by atoms with Gasteiger partial charge in [0.2, 0.25) is 5.78 Å². The molecule has 2 atom stereocenters. The minimum absolute atomic E-state index is 0.00488. The van der Waals surface area contributed by atoms with Crippen molar-refractivity contribution in [2.24, 2.45) is 5.92 Å². The third kappa shape index (κ3) is 8.69. The van der Waals surface area contributed by atoms with Gasteiger partial charge in [0.15, 0.2) is 17.3 Å². The van der Waals surface area contributed by atoms with Crippen molar-refractivity contribution in [3.63, 3.8) is 0 Å². The zero-order chi connectivity index (χ0) is 30.2. The van der Waals surface area contributed by atoms with Crippen LogP contribution >= 0.6 is 0 Å². The highest BCUT2D eigenvalue weighted by atomic mass is 16.5. The molecule has 4 rings (SSSR count). The van der Waals surface area contributed by atoms with E-state index in [0.29, 0.717) is 54.1 Å². The molecular weight excluding hydrogens is 532 g/mol. The Balaban J connectivity index is 1.18. The van der Waals surface area contributed by atoms with Crippen LogP contribution in [0, 0.1) is 5.92 Å². The van der Waals surface area contributed by atoms with Crippen molar-refractivity contribution in [1.82, 2.24) is 10.6 Å². The lowest BCUT2D eigenvalue weighted by Gasteiger charge is -2.19. The Hall–Kier alpha value is -3.62. The molecule has 42 heavy (non-hydrogen) atoms. The molecule has 0 aliphatic heterocycles. The van der Waals surface area contributed by atoms with Gasteiger partial charge < -0.3 is 28.9 Å². The number of hydrogen-bond acceptors (Lipinski definition) is 8. The van der Waals surface area contributed by atoms with E-state index in [9.17, 15) is 9.59 Å². The average Bonchev–Trinajstić information content (AvgIpc) is 3.57. The first kappa shape index (κ1) is 31.3. The van der Waals surface area contributed by atoms with E-state index in [2.05, 4.69) is 31.4 Å². The number of benzene rings is 2. The van der Waals surface area contributed by atoms with E-state index in [1.54, 1.807) is 6.07 Å². The predicted octanol–water partition coefficient (Wildman–Crippen LogP) is 7.19. The van der Waals surface area contributed by atoms with E-state index in [4.69, 9.17) is 18.3 Å². The van der Waals surface area contributed by atoms with Gasteiger partial charge in [0.05, 0.1) is 0 Å². The van der Waals surface area contributed by atoms with Crippen molar-refractivity contribution in [1.29, 1.82) is 0 Å². The second kappa shape index (κ2) is 14.5. The van der Waals surface area contributed by atoms with Crippen LogP contribution in [0.5, 0.6) is 11.5 Å². The van der Waals surface area contributed by atoms with Crippen molar-refractivity contribution in [3.05, 3.63) is 60.1 Å². The second-order valence-corrected chi connectivity index (χ2v) is 11.6. The van der Waals surface area contributed by atoms with E-state index >= 15 is 0 Å². The Morgan fingerprint density at radius 1 is 0.810 bits per heavy atom. The SMILES string of the molecule is CC(C)NCCOc1ccc2cc(C(=O)CCCC(C)NC[C@@H](C)Oc3ccc4cc(C(=O)C(C)C)oc4c3)oc2c1. The summed E-state index contributed by atoms with van der Waals surface area (Å²) in [4.78, 5) is 25.0. The fourth-order valence-electron chi connectivity index (χ4n) is 4.68. The van der Waals surface area contributed by atoms with Crippen LogP contribution in [0.1, 0.15) is 81.9 Å². The molecule has 2 heterocycles. The largest absolute Gasteiger partial charge is 0.492 e. The van der Waals surface area contributed by atoms with Crippen LogP contribution in [-0.2, 0) is 0 Å². The van der Waals surface area contributed by atoms with Crippen LogP contribution in [0.2, 0.25) is 0 Å². The summed E-state index contributed by atoms with van der Waals surface area (Å²) in [5.41, 5.74) is 1.30. The van der Waals surface area contributed by atoms with Crippen molar-refractivity contribution in [2.75, 3.05) is 19.7 Å². The molecule has 0 aliphatic carbocycles. The van der Waals surface area contributed by atoms with Gasteiger partial charge in [-0.2, -0.15) is 0 Å². The molecule has 226 valence electrons. The number of fused-ring (bicyclic) bond motifs is 2. The maximum atomic E-state index is 12.8. The summed E-state index contributed by atoms with van der Waals surface area (Å²) in [6.07, 6.45) is 1.95. The summed E-state index contributed by atoms with van der Waals surface area (Å²) < 4.78 is 23.5. The van der Waals surface area contributed by atoms with E-state index < -0.39 is 0 Å². The van der Waals surface area contributed by atoms with Crippen molar-refractivity contribution in [2.45, 2.75) is 79.0 Å². The summed E-state index contributed by atoms with van der Waals surface area (Å²) in [6, 6.07) is 15.5. The molecule has 2 aromatic heterocycles. The number of furan rings is 2. The molecule has 4 aromatic rings. The average molecular weight is 577 g/mol. The predicted molar refractivity (Wildman–Crippen MR) is 166 cm³/mol. The summed E-state index contributed by atoms with van der Waals surface area (Å²) in [5, 5.41) is 8.59. The lowest BCUT2D eigenvalue weighted by atomic mass is 10.1. The first-order valence-corrected chi connectivity index (χ1v) is 15.0. The van der Waals surface area contributed by atoms with E-state index in [1.807, 2.05) is 63.2 Å². The minimum Gasteiger partial charge on any atom is -0.492 e. The van der Waals surface area contributed by atoms with E-state index in [0.717, 1.165) is 35.9 Å². The molecule has 0 bridgehead atoms. The van der Waals surface area contributed by atoms with Gasteiger partial charge in [-0.3, -0.25) is 9.59 Å². The van der Waals surface area contributed by atoms with Gasteiger partial charge in [-0.05, 0) is 63.1 Å². The Bertz CT molecular complexity index is 1480. The third-order valence-electron chi connectivity index (χ3n) is 7.08. The lowest BCUT2D eigenvalue weighted by molar-refractivity contribution is 0.0912. The maximum absolute atomic E-state index is 12.8. The second-order valence-electron chi connectivity index (χ2n) is 11.6. The normalized spacial score (nSPS) is 13.2. The highest BCUT2D eigenvalue weighted by Crippen LogP contribution is 2.27. The fourth-order valence-corrected chi connectivity index (χ4v) is 4.68. The van der Waals surface area contributed by atoms with Crippen LogP contribution in [0.25, 0.3) is 21.9 Å². The van der Waals surface area contributed by atoms with Crippen LogP contribution in [-0.4, -0.2) is 49.5 Å². The van der Waals surface area contributed by atoms with Gasteiger partial charge in [-0.1, -0.05) is 27.7 Å². The molecule has 0 aliphatic rings. The van der Waals surface area contributed by atoms with Crippen LogP contribution < -0.4 is 20.1 Å². The molecule has 8 nitrogen and oxygen atoms in total. The number of Topliss-reactive ketones (excluding diaryl/α,β-unsaturated/α-hetero) is 2. The molecule has 1 unspecified atom stereocenters. The van der Waals surface area contributed by atoms with Gasteiger partial charge in [0.25, 0.3) is 0 Å². The van der Waals surface area contributed by atoms with Gasteiger partial charge in [0, 0.05) is 60.4 Å². The first-order valence-electron chi connectivity index (χ1n) is 15.0. The van der Waals surface area contributed by atoms with Gasteiger partial charge >= 0.3 is 0 Å². The van der Waals surface area contributed by atoms with E-state index in [1.165, 1.54) is 0 Å². The molecule has 8 heteroatoms. The smallest absolute Gasteiger partial charge is 0.200 e. The number of carbonyl (C=O) groups excluding carboxylic acids is 2. The van der Waals surface area contributed by atoms with Crippen molar-refractivity contribution < 1.29 is 27.9 Å². The topological polar surface area (TPSA) is 103 Å². The van der Waals surface area contributed by atoms with Crippen molar-refractivity contribution in [3.8, 4) is 11.5 Å². The monoisotopic (exact) mass is 576 g/mol. The highest BCUT2D eigenvalue weighted by Gasteiger charge is 2.17. The summed E-state index contributed by atoms with van der Waals surface area (Å²) in [6.45, 7) is 14.0. The van der Waals surface area contributed by atoms with Crippen LogP contribution in [0.4, 0.5) is 0 Å². The Kier molecular flexibility index (Phi) is 10.8. The molecule has 0 saturated heterocycles. The summed E-state index contributed by atoms with van der Waals surface area (Å²) >= 11 is 0. The van der Waals surface area contributed by atoms with Crippen LogP contribution in [0.15, 0.2) is 57.4 Å². The van der Waals surface area contributed by atoms with Gasteiger partial charge in [-0.25, -0.2) is 0 Å². The molecular formula is C34H44N2O6. The zero-order valence-electron chi connectivity index (χ0n) is 25.6. The Morgan fingerprint density at radius 2 is 1.45 bits per heavy atom.